The summed E-state index contributed by atoms with van der Waals surface area (Å²) in [6.45, 7) is 0.866. The van der Waals surface area contributed by atoms with Gasteiger partial charge in [-0.25, -0.2) is 0 Å². The monoisotopic (exact) mass is 255 g/mol. The van der Waals surface area contributed by atoms with Crippen LogP contribution in [0.15, 0.2) is 0 Å². The summed E-state index contributed by atoms with van der Waals surface area (Å²) in [5.74, 6) is -2.66. The highest BCUT2D eigenvalue weighted by Crippen LogP contribution is 2.45. The molecule has 6 nitrogen and oxygen atoms in total. The number of ether oxygens (including phenoxy) is 2. The molecule has 0 spiro atoms. The van der Waals surface area contributed by atoms with E-state index in [4.69, 9.17) is 9.47 Å². The summed E-state index contributed by atoms with van der Waals surface area (Å²) < 4.78 is 10.6. The quantitative estimate of drug-likeness (QED) is 0.545. The van der Waals surface area contributed by atoms with Crippen LogP contribution in [-0.2, 0) is 19.1 Å². The number of ketones is 1. The summed E-state index contributed by atoms with van der Waals surface area (Å²) in [5, 5.41) is 9.76. The maximum Gasteiger partial charge on any atom is 0.297 e. The van der Waals surface area contributed by atoms with E-state index in [0.717, 1.165) is 25.7 Å². The molecule has 3 saturated heterocycles. The maximum atomic E-state index is 12.2. The normalized spacial score (nSPS) is 39.1. The van der Waals surface area contributed by atoms with Gasteiger partial charge in [0.2, 0.25) is 0 Å². The second kappa shape index (κ2) is 4.29. The largest absolute Gasteiger partial charge is 0.374 e. The third kappa shape index (κ3) is 1.75. The molecule has 0 aromatic carbocycles. The van der Waals surface area contributed by atoms with Gasteiger partial charge in [-0.15, -0.1) is 0 Å². The highest BCUT2D eigenvalue weighted by atomic mass is 16.8. The van der Waals surface area contributed by atoms with E-state index in [9.17, 15) is 14.7 Å². The van der Waals surface area contributed by atoms with Gasteiger partial charge >= 0.3 is 0 Å². The SMILES string of the molecule is O=C(C(=O)C12OCCCC1O2)N1CCCCC1O. The van der Waals surface area contributed by atoms with E-state index in [1.54, 1.807) is 0 Å². The molecule has 3 rings (SSSR count). The Labute approximate surface area is 105 Å². The fourth-order valence-corrected chi connectivity index (χ4v) is 2.74. The molecule has 0 aromatic heterocycles. The summed E-state index contributed by atoms with van der Waals surface area (Å²) in [4.78, 5) is 25.5. The zero-order chi connectivity index (χ0) is 12.8. The Balaban J connectivity index is 1.71. The van der Waals surface area contributed by atoms with Gasteiger partial charge in [0.25, 0.3) is 17.5 Å². The van der Waals surface area contributed by atoms with E-state index in [-0.39, 0.29) is 6.10 Å². The first-order valence-corrected chi connectivity index (χ1v) is 6.50. The molecule has 3 unspecified atom stereocenters. The lowest BCUT2D eigenvalue weighted by Crippen LogP contribution is -2.51. The number of carbonyl (C=O) groups is 2. The van der Waals surface area contributed by atoms with E-state index in [1.807, 2.05) is 0 Å². The van der Waals surface area contributed by atoms with Crippen LogP contribution in [0.25, 0.3) is 0 Å². The molecule has 0 radical (unpaired) electrons. The fourth-order valence-electron chi connectivity index (χ4n) is 2.74. The van der Waals surface area contributed by atoms with E-state index in [2.05, 4.69) is 0 Å². The number of piperidine rings is 1. The Kier molecular flexibility index (Phi) is 2.88. The van der Waals surface area contributed by atoms with Gasteiger partial charge in [0, 0.05) is 6.54 Å². The summed E-state index contributed by atoms with van der Waals surface area (Å²) in [6.07, 6.45) is 2.68. The van der Waals surface area contributed by atoms with Crippen LogP contribution >= 0.6 is 0 Å². The molecule has 6 heteroatoms. The van der Waals surface area contributed by atoms with Crippen LogP contribution < -0.4 is 0 Å². The van der Waals surface area contributed by atoms with Crippen LogP contribution in [0.1, 0.15) is 32.1 Å². The van der Waals surface area contributed by atoms with Gasteiger partial charge in [-0.3, -0.25) is 9.59 Å². The van der Waals surface area contributed by atoms with Gasteiger partial charge in [0.15, 0.2) is 0 Å². The maximum absolute atomic E-state index is 12.2. The fraction of sp³-hybridized carbons (Fsp3) is 0.833. The summed E-state index contributed by atoms with van der Waals surface area (Å²) in [7, 11) is 0. The van der Waals surface area contributed by atoms with Crippen LogP contribution in [-0.4, -0.2) is 53.0 Å². The van der Waals surface area contributed by atoms with Crippen LogP contribution in [0.4, 0.5) is 0 Å². The molecule has 18 heavy (non-hydrogen) atoms. The molecule has 0 saturated carbocycles. The van der Waals surface area contributed by atoms with Crippen molar-refractivity contribution in [1.29, 1.82) is 0 Å². The summed E-state index contributed by atoms with van der Waals surface area (Å²) in [5.41, 5.74) is 0. The smallest absolute Gasteiger partial charge is 0.297 e. The van der Waals surface area contributed by atoms with Crippen molar-refractivity contribution in [3.63, 3.8) is 0 Å². The van der Waals surface area contributed by atoms with Crippen LogP contribution in [0.2, 0.25) is 0 Å². The van der Waals surface area contributed by atoms with Crippen molar-refractivity contribution in [2.75, 3.05) is 13.2 Å². The second-order valence-corrected chi connectivity index (χ2v) is 5.07. The van der Waals surface area contributed by atoms with Crippen molar-refractivity contribution >= 4 is 11.7 Å². The number of carbonyl (C=O) groups excluding carboxylic acids is 2. The lowest BCUT2D eigenvalue weighted by molar-refractivity contribution is -0.166. The van der Waals surface area contributed by atoms with Crippen molar-refractivity contribution in [3.8, 4) is 0 Å². The Morgan fingerprint density at radius 3 is 2.78 bits per heavy atom. The number of rotatable bonds is 2. The molecule has 3 aliphatic heterocycles. The van der Waals surface area contributed by atoms with Gasteiger partial charge in [0.05, 0.1) is 6.61 Å². The van der Waals surface area contributed by atoms with Gasteiger partial charge < -0.3 is 19.5 Å². The van der Waals surface area contributed by atoms with E-state index in [0.29, 0.717) is 19.6 Å². The van der Waals surface area contributed by atoms with Crippen molar-refractivity contribution in [1.82, 2.24) is 4.90 Å². The van der Waals surface area contributed by atoms with Crippen LogP contribution in [0.3, 0.4) is 0 Å². The number of fused-ring (bicyclic) bond motifs is 1. The first-order chi connectivity index (χ1) is 8.65. The molecule has 0 aliphatic carbocycles. The number of likely N-dealkylation sites (tertiary alicyclic amines) is 1. The predicted molar refractivity (Wildman–Crippen MR) is 59.4 cm³/mol. The molecule has 3 aliphatic rings. The number of hydrogen-bond donors (Lipinski definition) is 1. The van der Waals surface area contributed by atoms with Gasteiger partial charge in [-0.2, -0.15) is 0 Å². The Hall–Kier alpha value is -0.980. The molecule has 100 valence electrons. The highest BCUT2D eigenvalue weighted by Gasteiger charge is 2.67. The average Bonchev–Trinajstić information content (AvgIpc) is 3.13. The highest BCUT2D eigenvalue weighted by molar-refractivity contribution is 6.39. The number of nitrogens with zero attached hydrogens (tertiary/aromatic N) is 1. The molecule has 3 heterocycles. The zero-order valence-electron chi connectivity index (χ0n) is 10.1. The number of amides is 1. The third-order valence-electron chi connectivity index (χ3n) is 3.85. The minimum Gasteiger partial charge on any atom is -0.374 e. The summed E-state index contributed by atoms with van der Waals surface area (Å²) >= 11 is 0. The number of epoxide rings is 1. The van der Waals surface area contributed by atoms with Gasteiger partial charge in [-0.05, 0) is 32.1 Å². The Morgan fingerprint density at radius 2 is 2.06 bits per heavy atom. The number of Topliss-reactive ketones (excluding diaryl/α,β-unsaturated/α-hetero) is 1. The predicted octanol–water partition coefficient (Wildman–Crippen LogP) is -0.208. The van der Waals surface area contributed by atoms with Crippen molar-refractivity contribution in [2.24, 2.45) is 0 Å². The molecule has 1 N–H and O–H groups in total. The van der Waals surface area contributed by atoms with E-state index < -0.39 is 23.7 Å². The number of aliphatic hydroxyl groups excluding tert-OH is 1. The lowest BCUT2D eigenvalue weighted by atomic mass is 10.0. The Morgan fingerprint density at radius 1 is 1.22 bits per heavy atom. The number of hydrogen-bond acceptors (Lipinski definition) is 5. The van der Waals surface area contributed by atoms with E-state index >= 15 is 0 Å². The molecule has 3 fully saturated rings. The van der Waals surface area contributed by atoms with Crippen LogP contribution in [0.5, 0.6) is 0 Å². The molecule has 1 amide bonds. The van der Waals surface area contributed by atoms with Crippen molar-refractivity contribution < 1.29 is 24.2 Å². The van der Waals surface area contributed by atoms with Crippen molar-refractivity contribution in [2.45, 2.75) is 50.2 Å². The molecule has 0 bridgehead atoms. The van der Waals surface area contributed by atoms with E-state index in [1.165, 1.54) is 4.90 Å². The minimum atomic E-state index is -1.33. The second-order valence-electron chi connectivity index (χ2n) is 5.07. The van der Waals surface area contributed by atoms with Crippen LogP contribution in [0, 0.1) is 0 Å². The number of aliphatic hydroxyl groups is 1. The molecule has 0 aromatic rings. The first kappa shape index (κ1) is 12.1. The Bertz CT molecular complexity index is 385. The minimum absolute atomic E-state index is 0.273. The average molecular weight is 255 g/mol. The molecular weight excluding hydrogens is 238 g/mol. The zero-order valence-corrected chi connectivity index (χ0v) is 10.1. The molecular formula is C12H17NO5. The van der Waals surface area contributed by atoms with Gasteiger partial charge in [-0.1, -0.05) is 0 Å². The molecule has 3 atom stereocenters. The van der Waals surface area contributed by atoms with Crippen molar-refractivity contribution in [3.05, 3.63) is 0 Å². The topological polar surface area (TPSA) is 79.4 Å². The van der Waals surface area contributed by atoms with Gasteiger partial charge in [0.1, 0.15) is 12.3 Å². The first-order valence-electron chi connectivity index (χ1n) is 6.50. The standard InChI is InChI=1S/C12H17NO5/c14-9-5-1-2-6-13(9)11(16)10(15)12-8(18-12)4-3-7-17-12/h8-9,14H,1-7H2. The lowest BCUT2D eigenvalue weighted by Gasteiger charge is -2.32. The third-order valence-corrected chi connectivity index (χ3v) is 3.85. The summed E-state index contributed by atoms with van der Waals surface area (Å²) in [6, 6.07) is 0.